The maximum atomic E-state index is 12.4. The summed E-state index contributed by atoms with van der Waals surface area (Å²) in [5.41, 5.74) is 0.994. The van der Waals surface area contributed by atoms with Crippen LogP contribution in [0, 0.1) is 0 Å². The van der Waals surface area contributed by atoms with E-state index in [2.05, 4.69) is 0 Å². The van der Waals surface area contributed by atoms with Crippen LogP contribution in [0.25, 0.3) is 0 Å². The molecule has 5 heteroatoms. The smallest absolute Gasteiger partial charge is 0.261 e. The molecule has 3 amide bonds. The van der Waals surface area contributed by atoms with Crippen LogP contribution in [0.4, 0.5) is 0 Å². The van der Waals surface area contributed by atoms with Crippen molar-refractivity contribution in [3.05, 3.63) is 35.4 Å². The molecule has 0 radical (unpaired) electrons. The normalized spacial score (nSPS) is 18.8. The van der Waals surface area contributed by atoms with Gasteiger partial charge in [-0.15, -0.1) is 0 Å². The number of hydrogen-bond acceptors (Lipinski definition) is 3. The van der Waals surface area contributed by atoms with E-state index in [0.717, 1.165) is 6.42 Å². The van der Waals surface area contributed by atoms with Crippen molar-refractivity contribution in [1.29, 1.82) is 0 Å². The number of likely N-dealkylation sites (tertiary alicyclic amines) is 1. The van der Waals surface area contributed by atoms with Crippen molar-refractivity contribution in [1.82, 2.24) is 9.80 Å². The van der Waals surface area contributed by atoms with Gasteiger partial charge in [0.25, 0.3) is 11.8 Å². The molecule has 0 spiro atoms. The minimum atomic E-state index is -0.195. The zero-order chi connectivity index (χ0) is 15.7. The lowest BCUT2D eigenvalue weighted by Crippen LogP contribution is -2.48. The van der Waals surface area contributed by atoms with Crippen molar-refractivity contribution < 1.29 is 14.4 Å². The fourth-order valence-corrected chi connectivity index (χ4v) is 3.28. The Morgan fingerprint density at radius 2 is 1.64 bits per heavy atom. The number of piperidine rings is 1. The van der Waals surface area contributed by atoms with Gasteiger partial charge >= 0.3 is 0 Å². The molecule has 1 saturated heterocycles. The number of benzene rings is 1. The van der Waals surface area contributed by atoms with Gasteiger partial charge in [-0.25, -0.2) is 0 Å². The fraction of sp³-hybridized carbons (Fsp3) is 0.471. The summed E-state index contributed by atoms with van der Waals surface area (Å²) in [6, 6.07) is 6.86. The standard InChI is InChI=1S/C17H20N2O3/c1-2-5-15(20)18-10-8-12(9-11-18)19-16(21)13-6-3-4-7-14(13)17(19)22/h3-4,6-7,12H,2,5,8-11H2,1H3. The van der Waals surface area contributed by atoms with Gasteiger partial charge in [-0.05, 0) is 31.4 Å². The molecule has 0 aromatic heterocycles. The van der Waals surface area contributed by atoms with Crippen LogP contribution in [0.5, 0.6) is 0 Å². The van der Waals surface area contributed by atoms with Crippen LogP contribution in [0.3, 0.4) is 0 Å². The van der Waals surface area contributed by atoms with E-state index < -0.39 is 0 Å². The highest BCUT2D eigenvalue weighted by atomic mass is 16.2. The van der Waals surface area contributed by atoms with E-state index in [1.54, 1.807) is 24.3 Å². The molecule has 22 heavy (non-hydrogen) atoms. The number of carbonyl (C=O) groups excluding carboxylic acids is 3. The molecule has 2 aliphatic rings. The lowest BCUT2D eigenvalue weighted by atomic mass is 10.0. The largest absolute Gasteiger partial charge is 0.343 e. The van der Waals surface area contributed by atoms with E-state index in [1.807, 2.05) is 11.8 Å². The molecule has 116 valence electrons. The van der Waals surface area contributed by atoms with Gasteiger partial charge in [0.2, 0.25) is 5.91 Å². The first-order valence-electron chi connectivity index (χ1n) is 7.88. The molecule has 5 nitrogen and oxygen atoms in total. The lowest BCUT2D eigenvalue weighted by molar-refractivity contribution is -0.132. The number of fused-ring (bicyclic) bond motifs is 1. The third-order valence-electron chi connectivity index (χ3n) is 4.47. The number of imide groups is 1. The number of hydrogen-bond donors (Lipinski definition) is 0. The van der Waals surface area contributed by atoms with Crippen molar-refractivity contribution in [2.24, 2.45) is 0 Å². The average Bonchev–Trinajstić information content (AvgIpc) is 2.80. The van der Waals surface area contributed by atoms with Gasteiger partial charge in [-0.3, -0.25) is 19.3 Å². The second-order valence-electron chi connectivity index (χ2n) is 5.89. The summed E-state index contributed by atoms with van der Waals surface area (Å²) < 4.78 is 0. The van der Waals surface area contributed by atoms with Crippen LogP contribution >= 0.6 is 0 Å². The van der Waals surface area contributed by atoms with Gasteiger partial charge in [0.05, 0.1) is 11.1 Å². The Labute approximate surface area is 129 Å². The molecule has 0 atom stereocenters. The summed E-state index contributed by atoms with van der Waals surface area (Å²) in [5, 5.41) is 0. The average molecular weight is 300 g/mol. The van der Waals surface area contributed by atoms with Crippen LogP contribution in [-0.4, -0.2) is 46.7 Å². The van der Waals surface area contributed by atoms with Crippen LogP contribution in [0.2, 0.25) is 0 Å². The zero-order valence-corrected chi connectivity index (χ0v) is 12.7. The molecule has 0 saturated carbocycles. The van der Waals surface area contributed by atoms with Crippen LogP contribution in [0.1, 0.15) is 53.3 Å². The summed E-state index contributed by atoms with van der Waals surface area (Å²) in [5.74, 6) is -0.221. The fourth-order valence-electron chi connectivity index (χ4n) is 3.28. The summed E-state index contributed by atoms with van der Waals surface area (Å²) >= 11 is 0. The highest BCUT2D eigenvalue weighted by Gasteiger charge is 2.40. The van der Waals surface area contributed by atoms with E-state index in [1.165, 1.54) is 4.90 Å². The minimum absolute atomic E-state index is 0.0990. The first-order chi connectivity index (χ1) is 10.6. The van der Waals surface area contributed by atoms with Gasteiger partial charge in [0.1, 0.15) is 0 Å². The molecule has 3 rings (SSSR count). The molecule has 0 unspecified atom stereocenters. The van der Waals surface area contributed by atoms with Gasteiger partial charge in [-0.2, -0.15) is 0 Å². The molecule has 0 N–H and O–H groups in total. The van der Waals surface area contributed by atoms with Crippen molar-refractivity contribution >= 4 is 17.7 Å². The Kier molecular flexibility index (Phi) is 3.96. The van der Waals surface area contributed by atoms with Gasteiger partial charge in [0, 0.05) is 25.6 Å². The second-order valence-corrected chi connectivity index (χ2v) is 5.89. The SMILES string of the molecule is CCCC(=O)N1CCC(N2C(=O)c3ccccc3C2=O)CC1. The monoisotopic (exact) mass is 300 g/mol. The van der Waals surface area contributed by atoms with Crippen molar-refractivity contribution in [2.45, 2.75) is 38.6 Å². The third kappa shape index (κ3) is 2.40. The van der Waals surface area contributed by atoms with E-state index in [4.69, 9.17) is 0 Å². The summed E-state index contributed by atoms with van der Waals surface area (Å²) in [7, 11) is 0. The predicted octanol–water partition coefficient (Wildman–Crippen LogP) is 2.07. The molecular formula is C17H20N2O3. The van der Waals surface area contributed by atoms with Gasteiger partial charge in [-0.1, -0.05) is 19.1 Å². The Balaban J connectivity index is 1.69. The Bertz CT molecular complexity index is 583. The predicted molar refractivity (Wildman–Crippen MR) is 81.5 cm³/mol. The number of nitrogens with zero attached hydrogens (tertiary/aromatic N) is 2. The molecule has 1 aromatic rings. The second kappa shape index (κ2) is 5.91. The summed E-state index contributed by atoms with van der Waals surface area (Å²) in [4.78, 5) is 40.0. The van der Waals surface area contributed by atoms with Gasteiger partial charge < -0.3 is 4.90 Å². The molecular weight excluding hydrogens is 280 g/mol. The van der Waals surface area contributed by atoms with Crippen molar-refractivity contribution in [3.8, 4) is 0 Å². The molecule has 1 fully saturated rings. The van der Waals surface area contributed by atoms with E-state index in [-0.39, 0.29) is 23.8 Å². The molecule has 2 heterocycles. The summed E-state index contributed by atoms with van der Waals surface area (Å²) in [6.45, 7) is 3.23. The Morgan fingerprint density at radius 1 is 1.09 bits per heavy atom. The molecule has 2 aliphatic heterocycles. The minimum Gasteiger partial charge on any atom is -0.343 e. The number of amides is 3. The van der Waals surface area contributed by atoms with Crippen molar-refractivity contribution in [3.63, 3.8) is 0 Å². The van der Waals surface area contributed by atoms with E-state index in [0.29, 0.717) is 43.5 Å². The first-order valence-corrected chi connectivity index (χ1v) is 7.88. The van der Waals surface area contributed by atoms with Crippen LogP contribution in [0.15, 0.2) is 24.3 Å². The maximum Gasteiger partial charge on any atom is 0.261 e. The zero-order valence-electron chi connectivity index (χ0n) is 12.7. The Hall–Kier alpha value is -2.17. The van der Waals surface area contributed by atoms with Crippen LogP contribution in [-0.2, 0) is 4.79 Å². The highest BCUT2D eigenvalue weighted by Crippen LogP contribution is 2.28. The van der Waals surface area contributed by atoms with Crippen molar-refractivity contribution in [2.75, 3.05) is 13.1 Å². The molecule has 1 aromatic carbocycles. The summed E-state index contributed by atoms with van der Waals surface area (Å²) in [6.07, 6.45) is 2.75. The molecule has 0 aliphatic carbocycles. The lowest BCUT2D eigenvalue weighted by Gasteiger charge is -2.35. The Morgan fingerprint density at radius 3 is 2.14 bits per heavy atom. The maximum absolute atomic E-state index is 12.4. The van der Waals surface area contributed by atoms with Gasteiger partial charge in [0.15, 0.2) is 0 Å². The molecule has 0 bridgehead atoms. The highest BCUT2D eigenvalue weighted by molar-refractivity contribution is 6.21. The first kappa shape index (κ1) is 14.8. The number of rotatable bonds is 3. The number of carbonyl (C=O) groups is 3. The quantitative estimate of drug-likeness (QED) is 0.803. The van der Waals surface area contributed by atoms with E-state index in [9.17, 15) is 14.4 Å². The van der Waals surface area contributed by atoms with E-state index >= 15 is 0 Å². The third-order valence-corrected chi connectivity index (χ3v) is 4.47. The topological polar surface area (TPSA) is 57.7 Å². The van der Waals surface area contributed by atoms with Crippen LogP contribution < -0.4 is 0 Å².